The van der Waals surface area contributed by atoms with Crippen LogP contribution in [-0.4, -0.2) is 24.0 Å². The van der Waals surface area contributed by atoms with Gasteiger partial charge in [-0.25, -0.2) is 4.79 Å². The Morgan fingerprint density at radius 3 is 2.50 bits per heavy atom. The number of carbonyl (C=O) groups excluding carboxylic acids is 1. The van der Waals surface area contributed by atoms with Gasteiger partial charge in [0.05, 0.1) is 10.6 Å². The molecule has 0 bridgehead atoms. The van der Waals surface area contributed by atoms with Crippen LogP contribution in [-0.2, 0) is 0 Å². The summed E-state index contributed by atoms with van der Waals surface area (Å²) in [6, 6.07) is 9.72. The number of hydrogen-bond acceptors (Lipinski definition) is 3. The first-order valence-corrected chi connectivity index (χ1v) is 6.12. The molecule has 0 unspecified atom stereocenters. The molecule has 2 rings (SSSR count). The third-order valence-electron chi connectivity index (χ3n) is 2.50. The number of aromatic carboxylic acids is 1. The Labute approximate surface area is 108 Å². The molecule has 0 atom stereocenters. The van der Waals surface area contributed by atoms with Crippen LogP contribution in [0.3, 0.4) is 0 Å². The summed E-state index contributed by atoms with van der Waals surface area (Å²) in [5.41, 5.74) is 0.478. The average Bonchev–Trinajstić information content (AvgIpc) is 2.91. The zero-order valence-corrected chi connectivity index (χ0v) is 10.5. The van der Waals surface area contributed by atoms with Crippen molar-refractivity contribution in [1.29, 1.82) is 0 Å². The molecule has 1 amide bonds. The topological polar surface area (TPSA) is 57.6 Å². The smallest absolute Gasteiger partial charge is 0.335 e. The molecule has 0 aliphatic rings. The van der Waals surface area contributed by atoms with Crippen molar-refractivity contribution in [1.82, 2.24) is 0 Å². The molecule has 4 nitrogen and oxygen atoms in total. The maximum Gasteiger partial charge on any atom is 0.335 e. The minimum absolute atomic E-state index is 0.112. The van der Waals surface area contributed by atoms with E-state index in [0.717, 1.165) is 5.00 Å². The molecule has 0 saturated heterocycles. The lowest BCUT2D eigenvalue weighted by atomic mass is 10.1. The fraction of sp³-hybridized carbons (Fsp3) is 0.0769. The number of benzene rings is 1. The zero-order valence-electron chi connectivity index (χ0n) is 9.66. The van der Waals surface area contributed by atoms with Gasteiger partial charge in [-0.15, -0.1) is 11.3 Å². The van der Waals surface area contributed by atoms with Gasteiger partial charge < -0.3 is 10.0 Å². The highest BCUT2D eigenvalue weighted by Gasteiger charge is 2.15. The van der Waals surface area contributed by atoms with Crippen molar-refractivity contribution in [2.75, 3.05) is 11.9 Å². The number of nitrogens with zero attached hydrogens (tertiary/aromatic N) is 1. The maximum atomic E-state index is 12.2. The molecular weight excluding hydrogens is 250 g/mol. The van der Waals surface area contributed by atoms with Crippen LogP contribution in [0.4, 0.5) is 5.00 Å². The number of thiophene rings is 1. The highest BCUT2D eigenvalue weighted by molar-refractivity contribution is 7.14. The Morgan fingerprint density at radius 2 is 1.89 bits per heavy atom. The van der Waals surface area contributed by atoms with Crippen molar-refractivity contribution >= 4 is 28.2 Å². The summed E-state index contributed by atoms with van der Waals surface area (Å²) in [6.07, 6.45) is 0. The van der Waals surface area contributed by atoms with Gasteiger partial charge in [-0.1, -0.05) is 6.07 Å². The Bertz CT molecular complexity index is 578. The van der Waals surface area contributed by atoms with Crippen LogP contribution in [0.5, 0.6) is 0 Å². The average molecular weight is 261 g/mol. The van der Waals surface area contributed by atoms with E-state index < -0.39 is 5.97 Å². The molecular formula is C13H11NO3S. The van der Waals surface area contributed by atoms with Gasteiger partial charge in [0.2, 0.25) is 0 Å². The summed E-state index contributed by atoms with van der Waals surface area (Å²) in [6.45, 7) is 0. The Hall–Kier alpha value is -2.14. The number of rotatable bonds is 3. The molecule has 18 heavy (non-hydrogen) atoms. The first-order valence-electron chi connectivity index (χ1n) is 5.24. The predicted molar refractivity (Wildman–Crippen MR) is 70.5 cm³/mol. The van der Waals surface area contributed by atoms with Crippen molar-refractivity contribution in [3.05, 3.63) is 52.9 Å². The molecule has 0 radical (unpaired) electrons. The number of hydrogen-bond donors (Lipinski definition) is 1. The fourth-order valence-corrected chi connectivity index (χ4v) is 2.23. The van der Waals surface area contributed by atoms with E-state index in [0.29, 0.717) is 5.56 Å². The Balaban J connectivity index is 2.29. The Morgan fingerprint density at radius 1 is 1.17 bits per heavy atom. The van der Waals surface area contributed by atoms with E-state index in [4.69, 9.17) is 5.11 Å². The second-order valence-electron chi connectivity index (χ2n) is 3.70. The van der Waals surface area contributed by atoms with Crippen LogP contribution in [0.15, 0.2) is 41.8 Å². The van der Waals surface area contributed by atoms with Gasteiger partial charge >= 0.3 is 5.97 Å². The molecule has 1 aromatic heterocycles. The van der Waals surface area contributed by atoms with E-state index in [1.54, 1.807) is 19.2 Å². The zero-order chi connectivity index (χ0) is 13.1. The van der Waals surface area contributed by atoms with Crippen LogP contribution in [0.1, 0.15) is 20.7 Å². The molecule has 0 fully saturated rings. The molecule has 92 valence electrons. The van der Waals surface area contributed by atoms with Crippen molar-refractivity contribution in [2.45, 2.75) is 0 Å². The number of amides is 1. The number of carbonyl (C=O) groups is 2. The number of carboxylic acid groups (broad SMARTS) is 1. The minimum Gasteiger partial charge on any atom is -0.478 e. The highest BCUT2D eigenvalue weighted by atomic mass is 32.1. The predicted octanol–water partition coefficient (Wildman–Crippen LogP) is 2.72. The lowest BCUT2D eigenvalue weighted by molar-refractivity contribution is 0.0697. The third-order valence-corrected chi connectivity index (χ3v) is 3.44. The summed E-state index contributed by atoms with van der Waals surface area (Å²) < 4.78 is 0. The van der Waals surface area contributed by atoms with Crippen LogP contribution >= 0.6 is 11.3 Å². The van der Waals surface area contributed by atoms with Gasteiger partial charge in [0.25, 0.3) is 5.91 Å². The SMILES string of the molecule is CN(C(=O)c1cccc(C(=O)O)c1)c1cccs1. The summed E-state index contributed by atoms with van der Waals surface area (Å²) in [7, 11) is 1.67. The lowest BCUT2D eigenvalue weighted by Crippen LogP contribution is -2.25. The molecule has 1 heterocycles. The fourth-order valence-electron chi connectivity index (χ4n) is 1.54. The highest BCUT2D eigenvalue weighted by Crippen LogP contribution is 2.21. The monoisotopic (exact) mass is 261 g/mol. The standard InChI is InChI=1S/C13H11NO3S/c1-14(11-6-3-7-18-11)12(15)9-4-2-5-10(8-9)13(16)17/h2-8H,1H3,(H,16,17). The first-order chi connectivity index (χ1) is 8.59. The minimum atomic E-state index is -1.04. The largest absolute Gasteiger partial charge is 0.478 e. The maximum absolute atomic E-state index is 12.2. The van der Waals surface area contributed by atoms with Gasteiger partial charge in [-0.05, 0) is 35.7 Å². The summed E-state index contributed by atoms with van der Waals surface area (Å²) >= 11 is 1.45. The molecule has 5 heteroatoms. The van der Waals surface area contributed by atoms with E-state index in [-0.39, 0.29) is 11.5 Å². The second-order valence-corrected chi connectivity index (χ2v) is 4.63. The van der Waals surface area contributed by atoms with Crippen molar-refractivity contribution in [2.24, 2.45) is 0 Å². The van der Waals surface area contributed by atoms with Crippen LogP contribution in [0, 0.1) is 0 Å². The van der Waals surface area contributed by atoms with E-state index in [2.05, 4.69) is 0 Å². The van der Waals surface area contributed by atoms with Crippen molar-refractivity contribution in [3.8, 4) is 0 Å². The summed E-state index contributed by atoms with van der Waals surface area (Å²) in [5, 5.41) is 11.6. The van der Waals surface area contributed by atoms with Gasteiger partial charge in [-0.3, -0.25) is 4.79 Å². The molecule has 0 spiro atoms. The molecule has 1 N–H and O–H groups in total. The molecule has 2 aromatic rings. The molecule has 0 aliphatic carbocycles. The van der Waals surface area contributed by atoms with E-state index in [9.17, 15) is 9.59 Å². The third kappa shape index (κ3) is 2.41. The van der Waals surface area contributed by atoms with Crippen molar-refractivity contribution < 1.29 is 14.7 Å². The lowest BCUT2D eigenvalue weighted by Gasteiger charge is -2.15. The normalized spacial score (nSPS) is 10.1. The number of anilines is 1. The Kier molecular flexibility index (Phi) is 3.43. The summed E-state index contributed by atoms with van der Waals surface area (Å²) in [4.78, 5) is 24.5. The quantitative estimate of drug-likeness (QED) is 0.924. The molecule has 1 aromatic carbocycles. The molecule has 0 saturated carbocycles. The second kappa shape index (κ2) is 5.01. The van der Waals surface area contributed by atoms with E-state index in [1.807, 2.05) is 17.5 Å². The van der Waals surface area contributed by atoms with Gasteiger partial charge in [0.1, 0.15) is 0 Å². The molecule has 0 aliphatic heterocycles. The van der Waals surface area contributed by atoms with Crippen LogP contribution < -0.4 is 4.90 Å². The van der Waals surface area contributed by atoms with Gasteiger partial charge in [-0.2, -0.15) is 0 Å². The van der Waals surface area contributed by atoms with Gasteiger partial charge in [0, 0.05) is 12.6 Å². The van der Waals surface area contributed by atoms with Crippen molar-refractivity contribution in [3.63, 3.8) is 0 Å². The number of carboxylic acids is 1. The first kappa shape index (κ1) is 12.3. The van der Waals surface area contributed by atoms with Crippen LogP contribution in [0.25, 0.3) is 0 Å². The van der Waals surface area contributed by atoms with E-state index in [1.165, 1.54) is 28.4 Å². The van der Waals surface area contributed by atoms with Gasteiger partial charge in [0.15, 0.2) is 0 Å². The summed E-state index contributed by atoms with van der Waals surface area (Å²) in [5.74, 6) is -1.26. The van der Waals surface area contributed by atoms with E-state index >= 15 is 0 Å². The van der Waals surface area contributed by atoms with Crippen LogP contribution in [0.2, 0.25) is 0 Å².